The highest BCUT2D eigenvalue weighted by atomic mass is 16.3. The van der Waals surface area contributed by atoms with Crippen LogP contribution in [0.3, 0.4) is 0 Å². The molecule has 0 fully saturated rings. The van der Waals surface area contributed by atoms with E-state index in [9.17, 15) is 14.7 Å². The number of aromatic hydroxyl groups is 1. The first-order valence-electron chi connectivity index (χ1n) is 5.01. The molecule has 0 bridgehead atoms. The molecule has 2 N–H and O–H groups in total. The first-order valence-corrected chi connectivity index (χ1v) is 5.01. The first-order chi connectivity index (χ1) is 8.09. The second kappa shape index (κ2) is 4.25. The lowest BCUT2D eigenvalue weighted by molar-refractivity contribution is 0.404. The van der Waals surface area contributed by atoms with Crippen LogP contribution in [0.4, 0.5) is 0 Å². The van der Waals surface area contributed by atoms with Crippen LogP contribution in [0.1, 0.15) is 11.1 Å². The molecule has 0 unspecified atom stereocenters. The third-order valence-electron chi connectivity index (χ3n) is 2.46. The Hall–Kier alpha value is -2.37. The summed E-state index contributed by atoms with van der Waals surface area (Å²) >= 11 is 0. The van der Waals surface area contributed by atoms with Gasteiger partial charge in [-0.3, -0.25) is 19.3 Å². The van der Waals surface area contributed by atoms with Gasteiger partial charge in [-0.2, -0.15) is 0 Å². The van der Waals surface area contributed by atoms with Crippen molar-refractivity contribution in [1.29, 1.82) is 0 Å². The number of rotatable bonds is 2. The first kappa shape index (κ1) is 11.1. The average molecular weight is 233 g/mol. The third kappa shape index (κ3) is 2.10. The molecule has 0 atom stereocenters. The van der Waals surface area contributed by atoms with Gasteiger partial charge >= 0.3 is 5.69 Å². The second-order valence-corrected chi connectivity index (χ2v) is 3.66. The molecule has 2 aromatic rings. The highest BCUT2D eigenvalue weighted by Crippen LogP contribution is 2.10. The Balaban J connectivity index is 2.51. The Bertz CT molecular complexity index is 643. The topological polar surface area (TPSA) is 88.0 Å². The molecule has 6 nitrogen and oxygen atoms in total. The van der Waals surface area contributed by atoms with E-state index < -0.39 is 11.2 Å². The highest BCUT2D eigenvalue weighted by molar-refractivity contribution is 5.22. The lowest BCUT2D eigenvalue weighted by Crippen LogP contribution is -2.31. The fourth-order valence-electron chi connectivity index (χ4n) is 1.48. The maximum atomic E-state index is 11.5. The van der Waals surface area contributed by atoms with Crippen LogP contribution in [-0.4, -0.2) is 19.6 Å². The standard InChI is InChI=1S/C11H11N3O3/c1-7-9(15)13-11(17)14(10(7)16)6-8-3-2-4-12-5-8/h2-5,16H,6H2,1H3,(H,13,15,17). The SMILES string of the molecule is Cc1c(O)n(Cc2cccnc2)c(=O)[nH]c1=O. The number of nitrogens with zero attached hydrogens (tertiary/aromatic N) is 2. The van der Waals surface area contributed by atoms with E-state index in [1.807, 2.05) is 0 Å². The largest absolute Gasteiger partial charge is 0.494 e. The van der Waals surface area contributed by atoms with E-state index in [0.717, 1.165) is 10.1 Å². The zero-order valence-corrected chi connectivity index (χ0v) is 9.17. The molecule has 0 aliphatic rings. The number of aromatic amines is 1. The molecule has 2 aromatic heterocycles. The zero-order valence-electron chi connectivity index (χ0n) is 9.17. The lowest BCUT2D eigenvalue weighted by atomic mass is 10.3. The minimum absolute atomic E-state index is 0.119. The quantitative estimate of drug-likeness (QED) is 0.763. The van der Waals surface area contributed by atoms with Crippen LogP contribution in [0.2, 0.25) is 0 Å². The second-order valence-electron chi connectivity index (χ2n) is 3.66. The number of aromatic nitrogens is 3. The van der Waals surface area contributed by atoms with Gasteiger partial charge in [-0.25, -0.2) is 4.79 Å². The molecular weight excluding hydrogens is 222 g/mol. The maximum absolute atomic E-state index is 11.5. The molecule has 17 heavy (non-hydrogen) atoms. The summed E-state index contributed by atoms with van der Waals surface area (Å²) in [6.45, 7) is 1.61. The van der Waals surface area contributed by atoms with Crippen molar-refractivity contribution in [2.45, 2.75) is 13.5 Å². The summed E-state index contributed by atoms with van der Waals surface area (Å²) in [5.41, 5.74) is -0.332. The van der Waals surface area contributed by atoms with Crippen molar-refractivity contribution >= 4 is 0 Å². The van der Waals surface area contributed by atoms with Crippen LogP contribution in [0.5, 0.6) is 5.88 Å². The fourth-order valence-corrected chi connectivity index (χ4v) is 1.48. The number of hydrogen-bond acceptors (Lipinski definition) is 4. The molecule has 2 rings (SSSR count). The summed E-state index contributed by atoms with van der Waals surface area (Å²) in [7, 11) is 0. The van der Waals surface area contributed by atoms with Crippen LogP contribution in [0.15, 0.2) is 34.1 Å². The minimum Gasteiger partial charge on any atom is -0.494 e. The Morgan fingerprint density at radius 3 is 2.88 bits per heavy atom. The smallest absolute Gasteiger partial charge is 0.331 e. The van der Waals surface area contributed by atoms with Crippen LogP contribution < -0.4 is 11.2 Å². The van der Waals surface area contributed by atoms with E-state index in [4.69, 9.17) is 0 Å². The van der Waals surface area contributed by atoms with E-state index >= 15 is 0 Å². The van der Waals surface area contributed by atoms with E-state index in [-0.39, 0.29) is 18.0 Å². The van der Waals surface area contributed by atoms with Gasteiger partial charge < -0.3 is 5.11 Å². The van der Waals surface area contributed by atoms with Crippen molar-refractivity contribution < 1.29 is 5.11 Å². The number of hydrogen-bond donors (Lipinski definition) is 2. The summed E-state index contributed by atoms with van der Waals surface area (Å²) in [5.74, 6) is -0.317. The zero-order chi connectivity index (χ0) is 12.4. The summed E-state index contributed by atoms with van der Waals surface area (Å²) in [5, 5.41) is 9.74. The predicted molar refractivity (Wildman–Crippen MR) is 61.1 cm³/mol. The van der Waals surface area contributed by atoms with Gasteiger partial charge in [0, 0.05) is 12.4 Å². The third-order valence-corrected chi connectivity index (χ3v) is 2.46. The van der Waals surface area contributed by atoms with Crippen LogP contribution >= 0.6 is 0 Å². The van der Waals surface area contributed by atoms with E-state index in [1.165, 1.54) is 6.92 Å². The normalized spacial score (nSPS) is 10.4. The van der Waals surface area contributed by atoms with Crippen LogP contribution in [0, 0.1) is 6.92 Å². The van der Waals surface area contributed by atoms with Gasteiger partial charge in [0.2, 0.25) is 5.88 Å². The molecule has 0 saturated heterocycles. The Morgan fingerprint density at radius 1 is 1.47 bits per heavy atom. The van der Waals surface area contributed by atoms with Crippen molar-refractivity contribution in [3.8, 4) is 5.88 Å². The Kier molecular flexibility index (Phi) is 2.78. The highest BCUT2D eigenvalue weighted by Gasteiger charge is 2.10. The monoisotopic (exact) mass is 233 g/mol. The molecule has 0 aromatic carbocycles. The van der Waals surface area contributed by atoms with Crippen molar-refractivity contribution in [3.05, 3.63) is 56.5 Å². The molecule has 2 heterocycles. The summed E-state index contributed by atoms with van der Waals surface area (Å²) in [4.78, 5) is 28.8. The Labute approximate surface area is 96.2 Å². The lowest BCUT2D eigenvalue weighted by Gasteiger charge is -2.08. The van der Waals surface area contributed by atoms with Crippen LogP contribution in [-0.2, 0) is 6.54 Å². The molecule has 88 valence electrons. The maximum Gasteiger partial charge on any atom is 0.331 e. The molecule has 0 aliphatic carbocycles. The van der Waals surface area contributed by atoms with Crippen molar-refractivity contribution in [3.63, 3.8) is 0 Å². The number of pyridine rings is 1. The Morgan fingerprint density at radius 2 is 2.24 bits per heavy atom. The molecule has 0 amide bonds. The van der Waals surface area contributed by atoms with E-state index in [2.05, 4.69) is 9.97 Å². The molecule has 0 spiro atoms. The van der Waals surface area contributed by atoms with Gasteiger partial charge in [-0.1, -0.05) is 6.07 Å². The molecule has 0 saturated carbocycles. The molecule has 0 radical (unpaired) electrons. The van der Waals surface area contributed by atoms with Gasteiger partial charge in [0.25, 0.3) is 5.56 Å². The van der Waals surface area contributed by atoms with Gasteiger partial charge in [0.15, 0.2) is 0 Å². The minimum atomic E-state index is -0.637. The van der Waals surface area contributed by atoms with E-state index in [0.29, 0.717) is 0 Å². The van der Waals surface area contributed by atoms with Crippen molar-refractivity contribution in [1.82, 2.24) is 14.5 Å². The average Bonchev–Trinajstić information content (AvgIpc) is 2.33. The van der Waals surface area contributed by atoms with Gasteiger partial charge in [-0.15, -0.1) is 0 Å². The number of nitrogens with one attached hydrogen (secondary N) is 1. The fraction of sp³-hybridized carbons (Fsp3) is 0.182. The van der Waals surface area contributed by atoms with Gasteiger partial charge in [0.1, 0.15) is 0 Å². The van der Waals surface area contributed by atoms with Gasteiger partial charge in [-0.05, 0) is 18.6 Å². The number of H-pyrrole nitrogens is 1. The summed E-state index contributed by atoms with van der Waals surface area (Å²) < 4.78 is 1.09. The van der Waals surface area contributed by atoms with Gasteiger partial charge in [0.05, 0.1) is 12.1 Å². The van der Waals surface area contributed by atoms with Crippen LogP contribution in [0.25, 0.3) is 0 Å². The van der Waals surface area contributed by atoms with Crippen molar-refractivity contribution in [2.24, 2.45) is 0 Å². The summed E-state index contributed by atoms with van der Waals surface area (Å²) in [6.07, 6.45) is 3.20. The molecular formula is C11H11N3O3. The molecule has 6 heteroatoms. The molecule has 0 aliphatic heterocycles. The summed E-state index contributed by atoms with van der Waals surface area (Å²) in [6, 6.07) is 3.51. The van der Waals surface area contributed by atoms with Crippen molar-refractivity contribution in [2.75, 3.05) is 0 Å². The predicted octanol–water partition coefficient (Wildman–Crippen LogP) is -0.00608. The van der Waals surface area contributed by atoms with E-state index in [1.54, 1.807) is 24.5 Å².